The molecule has 0 aliphatic heterocycles. The van der Waals surface area contributed by atoms with E-state index in [0.717, 1.165) is 5.75 Å². The maximum absolute atomic E-state index is 12.1. The van der Waals surface area contributed by atoms with Crippen molar-refractivity contribution in [1.29, 1.82) is 0 Å². The summed E-state index contributed by atoms with van der Waals surface area (Å²) in [5.41, 5.74) is 0.599. The number of nitrogens with one attached hydrogen (secondary N) is 2. The summed E-state index contributed by atoms with van der Waals surface area (Å²) in [6.45, 7) is 3.97. The van der Waals surface area contributed by atoms with E-state index in [9.17, 15) is 9.59 Å². The fourth-order valence-electron chi connectivity index (χ4n) is 2.56. The van der Waals surface area contributed by atoms with Crippen LogP contribution in [0.15, 0.2) is 54.6 Å². The number of urea groups is 1. The number of carbonyl (C=O) groups is 2. The minimum absolute atomic E-state index is 0.102. The van der Waals surface area contributed by atoms with E-state index < -0.39 is 18.0 Å². The summed E-state index contributed by atoms with van der Waals surface area (Å²) < 4.78 is 5.70. The molecule has 0 fully saturated rings. The standard InChI is InChI=1S/C20H24N2O4/c1-14(2)12-16(13-19(23)24)22-20(25)21-15-8-10-18(11-9-15)26-17-6-4-3-5-7-17/h3-11,14,16H,12-13H2,1-2H3,(H,23,24)(H2,21,22,25)/t16-/m0/s1. The molecule has 0 aliphatic rings. The molecule has 2 aromatic rings. The third-order valence-electron chi connectivity index (χ3n) is 3.60. The van der Waals surface area contributed by atoms with Crippen molar-refractivity contribution >= 4 is 17.7 Å². The molecule has 0 spiro atoms. The zero-order valence-electron chi connectivity index (χ0n) is 14.9. The number of amides is 2. The van der Waals surface area contributed by atoms with Gasteiger partial charge in [0, 0.05) is 11.7 Å². The second-order valence-electron chi connectivity index (χ2n) is 6.46. The van der Waals surface area contributed by atoms with Crippen molar-refractivity contribution in [2.75, 3.05) is 5.32 Å². The first-order valence-electron chi connectivity index (χ1n) is 8.54. The fourth-order valence-corrected chi connectivity index (χ4v) is 2.56. The molecule has 138 valence electrons. The molecule has 0 saturated heterocycles. The van der Waals surface area contributed by atoms with E-state index >= 15 is 0 Å². The van der Waals surface area contributed by atoms with E-state index in [1.807, 2.05) is 44.2 Å². The Morgan fingerprint density at radius 1 is 1.00 bits per heavy atom. The van der Waals surface area contributed by atoms with Gasteiger partial charge in [0.25, 0.3) is 0 Å². The van der Waals surface area contributed by atoms with Crippen molar-refractivity contribution < 1.29 is 19.4 Å². The number of para-hydroxylation sites is 1. The van der Waals surface area contributed by atoms with Crippen LogP contribution >= 0.6 is 0 Å². The highest BCUT2D eigenvalue weighted by Gasteiger charge is 2.17. The fraction of sp³-hybridized carbons (Fsp3) is 0.300. The molecule has 2 rings (SSSR count). The molecule has 3 N–H and O–H groups in total. The topological polar surface area (TPSA) is 87.7 Å². The van der Waals surface area contributed by atoms with Crippen LogP contribution in [-0.2, 0) is 4.79 Å². The first kappa shape index (κ1) is 19.3. The van der Waals surface area contributed by atoms with Crippen LogP contribution in [0, 0.1) is 5.92 Å². The van der Waals surface area contributed by atoms with Gasteiger partial charge in [0.05, 0.1) is 6.42 Å². The van der Waals surface area contributed by atoms with Crippen molar-refractivity contribution in [2.45, 2.75) is 32.7 Å². The van der Waals surface area contributed by atoms with Gasteiger partial charge in [-0.2, -0.15) is 0 Å². The Labute approximate surface area is 153 Å². The van der Waals surface area contributed by atoms with Crippen LogP contribution in [0.5, 0.6) is 11.5 Å². The second kappa shape index (κ2) is 9.46. The third kappa shape index (κ3) is 6.84. The SMILES string of the molecule is CC(C)C[C@@H](CC(=O)O)NC(=O)Nc1ccc(Oc2ccccc2)cc1. The van der Waals surface area contributed by atoms with Crippen LogP contribution in [0.4, 0.5) is 10.5 Å². The molecule has 0 bridgehead atoms. The minimum Gasteiger partial charge on any atom is -0.481 e. The van der Waals surface area contributed by atoms with E-state index in [2.05, 4.69) is 10.6 Å². The van der Waals surface area contributed by atoms with E-state index in [1.54, 1.807) is 24.3 Å². The Bertz CT molecular complexity index is 714. The normalized spacial score (nSPS) is 11.7. The van der Waals surface area contributed by atoms with Crippen LogP contribution in [0.2, 0.25) is 0 Å². The van der Waals surface area contributed by atoms with Gasteiger partial charge in [0.15, 0.2) is 0 Å². The molecule has 2 aromatic carbocycles. The number of benzene rings is 2. The molecule has 0 saturated carbocycles. The number of carboxylic acid groups (broad SMARTS) is 1. The summed E-state index contributed by atoms with van der Waals surface area (Å²) in [7, 11) is 0. The van der Waals surface area contributed by atoms with Gasteiger partial charge in [0.2, 0.25) is 0 Å². The lowest BCUT2D eigenvalue weighted by molar-refractivity contribution is -0.137. The second-order valence-corrected chi connectivity index (χ2v) is 6.46. The Morgan fingerprint density at radius 2 is 1.62 bits per heavy atom. The smallest absolute Gasteiger partial charge is 0.319 e. The zero-order chi connectivity index (χ0) is 18.9. The summed E-state index contributed by atoms with van der Waals surface area (Å²) in [4.78, 5) is 23.0. The number of carboxylic acids is 1. The molecule has 2 amide bonds. The van der Waals surface area contributed by atoms with Gasteiger partial charge in [-0.15, -0.1) is 0 Å². The zero-order valence-corrected chi connectivity index (χ0v) is 14.9. The lowest BCUT2D eigenvalue weighted by atomic mass is 10.0. The third-order valence-corrected chi connectivity index (χ3v) is 3.60. The van der Waals surface area contributed by atoms with Crippen LogP contribution in [0.1, 0.15) is 26.7 Å². The van der Waals surface area contributed by atoms with Crippen molar-refractivity contribution in [3.63, 3.8) is 0 Å². The highest BCUT2D eigenvalue weighted by Crippen LogP contribution is 2.22. The maximum Gasteiger partial charge on any atom is 0.319 e. The number of rotatable bonds is 8. The molecule has 0 radical (unpaired) electrons. The van der Waals surface area contributed by atoms with Gasteiger partial charge in [-0.1, -0.05) is 32.0 Å². The molecule has 1 atom stereocenters. The largest absolute Gasteiger partial charge is 0.481 e. The average molecular weight is 356 g/mol. The van der Waals surface area contributed by atoms with Gasteiger partial charge in [-0.05, 0) is 48.7 Å². The number of aliphatic carboxylic acids is 1. The predicted molar refractivity (Wildman–Crippen MR) is 101 cm³/mol. The molecule has 0 heterocycles. The molecule has 0 unspecified atom stereocenters. The molecule has 0 aliphatic carbocycles. The molecular formula is C20H24N2O4. The van der Waals surface area contributed by atoms with E-state index in [4.69, 9.17) is 9.84 Å². The van der Waals surface area contributed by atoms with Gasteiger partial charge < -0.3 is 20.5 Å². The number of hydrogen-bond donors (Lipinski definition) is 3. The molecule has 6 heteroatoms. The number of carbonyl (C=O) groups excluding carboxylic acids is 1. The summed E-state index contributed by atoms with van der Waals surface area (Å²) in [6, 6.07) is 15.5. The summed E-state index contributed by atoms with van der Waals surface area (Å²) in [6.07, 6.45) is 0.499. The van der Waals surface area contributed by atoms with Gasteiger partial charge in [-0.3, -0.25) is 4.79 Å². The minimum atomic E-state index is -0.932. The monoisotopic (exact) mass is 356 g/mol. The first-order chi connectivity index (χ1) is 12.4. The Morgan fingerprint density at radius 3 is 2.19 bits per heavy atom. The van der Waals surface area contributed by atoms with Crippen LogP contribution < -0.4 is 15.4 Å². The van der Waals surface area contributed by atoms with Gasteiger partial charge in [0.1, 0.15) is 11.5 Å². The van der Waals surface area contributed by atoms with Gasteiger partial charge >= 0.3 is 12.0 Å². The Hall–Kier alpha value is -3.02. The van der Waals surface area contributed by atoms with Crippen LogP contribution in [0.3, 0.4) is 0 Å². The molecule has 26 heavy (non-hydrogen) atoms. The number of hydrogen-bond acceptors (Lipinski definition) is 3. The Kier molecular flexibility index (Phi) is 7.02. The Balaban J connectivity index is 1.90. The highest BCUT2D eigenvalue weighted by molar-refractivity contribution is 5.89. The van der Waals surface area contributed by atoms with Crippen molar-refractivity contribution in [2.24, 2.45) is 5.92 Å². The maximum atomic E-state index is 12.1. The first-order valence-corrected chi connectivity index (χ1v) is 8.54. The molecular weight excluding hydrogens is 332 g/mol. The van der Waals surface area contributed by atoms with E-state index in [0.29, 0.717) is 17.9 Å². The molecule has 6 nitrogen and oxygen atoms in total. The molecule has 0 aromatic heterocycles. The lowest BCUT2D eigenvalue weighted by Gasteiger charge is -2.19. The van der Waals surface area contributed by atoms with Crippen molar-refractivity contribution in [1.82, 2.24) is 5.32 Å². The number of anilines is 1. The van der Waals surface area contributed by atoms with Crippen molar-refractivity contribution in [3.05, 3.63) is 54.6 Å². The summed E-state index contributed by atoms with van der Waals surface area (Å²) in [5.74, 6) is 0.745. The van der Waals surface area contributed by atoms with Crippen LogP contribution in [-0.4, -0.2) is 23.1 Å². The lowest BCUT2D eigenvalue weighted by Crippen LogP contribution is -2.40. The van der Waals surface area contributed by atoms with Gasteiger partial charge in [-0.25, -0.2) is 4.79 Å². The quantitative estimate of drug-likeness (QED) is 0.650. The highest BCUT2D eigenvalue weighted by atomic mass is 16.5. The summed E-state index contributed by atoms with van der Waals surface area (Å²) >= 11 is 0. The average Bonchev–Trinajstić information content (AvgIpc) is 2.56. The van der Waals surface area contributed by atoms with E-state index in [1.165, 1.54) is 0 Å². The van der Waals surface area contributed by atoms with Crippen LogP contribution in [0.25, 0.3) is 0 Å². The predicted octanol–water partition coefficient (Wildman–Crippen LogP) is 4.49. The van der Waals surface area contributed by atoms with Crippen molar-refractivity contribution in [3.8, 4) is 11.5 Å². The summed E-state index contributed by atoms with van der Waals surface area (Å²) in [5, 5.41) is 14.4. The number of ether oxygens (including phenoxy) is 1. The van der Waals surface area contributed by atoms with E-state index in [-0.39, 0.29) is 12.3 Å².